The van der Waals surface area contributed by atoms with E-state index in [1.165, 1.54) is 0 Å². The molecule has 1 aliphatic rings. The zero-order chi connectivity index (χ0) is 34.3. The highest BCUT2D eigenvalue weighted by Gasteiger charge is 2.21. The molecule has 0 spiro atoms. The van der Waals surface area contributed by atoms with E-state index in [2.05, 4.69) is 112 Å². The zero-order valence-corrected chi connectivity index (χ0v) is 31.0. The molecule has 11 heteroatoms. The molecule has 1 aromatic heterocycles. The van der Waals surface area contributed by atoms with Crippen molar-refractivity contribution < 1.29 is 26.4 Å². The molecule has 48 heavy (non-hydrogen) atoms. The molecule has 5 aromatic rings. The average Bonchev–Trinajstić information content (AvgIpc) is 3.05. The maximum atomic E-state index is 9.75. The van der Waals surface area contributed by atoms with Gasteiger partial charge in [0, 0.05) is 35.1 Å². The zero-order valence-electron chi connectivity index (χ0n) is 24.7. The van der Waals surface area contributed by atoms with E-state index in [0.717, 1.165) is 74.3 Å². The fourth-order valence-corrected chi connectivity index (χ4v) is 5.63. The molecule has 0 saturated carbocycles. The van der Waals surface area contributed by atoms with Gasteiger partial charge in [-0.2, -0.15) is 0 Å². The minimum Gasteiger partial charge on any atom is -0.457 e. The quantitative estimate of drug-likeness (QED) is 0.0961. The highest BCUT2D eigenvalue weighted by atomic mass is 79.9. The van der Waals surface area contributed by atoms with Crippen molar-refractivity contribution in [3.05, 3.63) is 174 Å². The van der Waals surface area contributed by atoms with Crippen LogP contribution in [0.2, 0.25) is 0 Å². The molecule has 0 amide bonds. The number of hydrogen-bond donors (Lipinski definition) is 0. The van der Waals surface area contributed by atoms with Crippen LogP contribution in [0.3, 0.4) is 0 Å². The fraction of sp³-hybridized carbons (Fsp3) is 0. The average molecular weight is 906 g/mol. The van der Waals surface area contributed by atoms with Crippen molar-refractivity contribution in [2.24, 2.45) is 0 Å². The molecule has 0 saturated heterocycles. The standard InChI is InChI=1S/C37H23Br4O2.BF4/c38-30-12-4-24(5-13-30)28-20-34(42-36(22-28)26-8-16-32(40)17-9-26)2-1-3-35-21-29(25-6-14-31(39)15-7-25)23-37(43-35)27-10-18-33(41)19-11-27;2-1(3,4)5/h1-23H;/q+1;-1. The largest absolute Gasteiger partial charge is 0.673 e. The number of rotatable bonds is 6. The normalized spacial score (nSPS) is 13.8. The van der Waals surface area contributed by atoms with E-state index in [1.54, 1.807) is 0 Å². The first-order valence-corrected chi connectivity index (χ1v) is 17.5. The number of allylic oxidation sites excluding steroid dienone is 5. The van der Waals surface area contributed by atoms with Gasteiger partial charge in [0.1, 0.15) is 11.5 Å². The first-order chi connectivity index (χ1) is 22.9. The Morgan fingerprint density at radius 2 is 1.00 bits per heavy atom. The van der Waals surface area contributed by atoms with Gasteiger partial charge in [0.15, 0.2) is 0 Å². The summed E-state index contributed by atoms with van der Waals surface area (Å²) in [4.78, 5) is 0. The Bertz CT molecular complexity index is 1930. The summed E-state index contributed by atoms with van der Waals surface area (Å²) >= 11 is 14.1. The lowest BCUT2D eigenvalue weighted by atomic mass is 10.0. The van der Waals surface area contributed by atoms with Crippen LogP contribution in [0.1, 0.15) is 16.9 Å². The van der Waals surface area contributed by atoms with Crippen molar-refractivity contribution >= 4 is 88.4 Å². The van der Waals surface area contributed by atoms with Gasteiger partial charge in [-0.1, -0.05) is 100 Å². The van der Waals surface area contributed by atoms with Crippen molar-refractivity contribution in [1.82, 2.24) is 0 Å². The minimum atomic E-state index is -6.00. The topological polar surface area (TPSA) is 20.5 Å². The second-order valence-corrected chi connectivity index (χ2v) is 13.9. The first kappa shape index (κ1) is 35.8. The Hall–Kier alpha value is -3.51. The van der Waals surface area contributed by atoms with Gasteiger partial charge in [-0.05, 0) is 102 Å². The molecule has 0 atom stereocenters. The Morgan fingerprint density at radius 3 is 1.52 bits per heavy atom. The third-order valence-electron chi connectivity index (χ3n) is 6.76. The van der Waals surface area contributed by atoms with Crippen LogP contribution < -0.4 is 0 Å². The van der Waals surface area contributed by atoms with Gasteiger partial charge in [0.25, 0.3) is 0 Å². The highest BCUT2D eigenvalue weighted by Crippen LogP contribution is 2.34. The van der Waals surface area contributed by atoms with E-state index in [4.69, 9.17) is 9.15 Å². The third-order valence-corrected chi connectivity index (χ3v) is 8.87. The van der Waals surface area contributed by atoms with Crippen molar-refractivity contribution in [2.45, 2.75) is 0 Å². The van der Waals surface area contributed by atoms with Crippen molar-refractivity contribution in [3.63, 3.8) is 0 Å². The van der Waals surface area contributed by atoms with Crippen LogP contribution >= 0.6 is 63.7 Å². The molecule has 0 unspecified atom stereocenters. The molecule has 1 aliphatic heterocycles. The van der Waals surface area contributed by atoms with E-state index >= 15 is 0 Å². The number of benzene rings is 4. The van der Waals surface area contributed by atoms with Crippen LogP contribution in [0, 0.1) is 0 Å². The van der Waals surface area contributed by atoms with Crippen LogP contribution in [0.15, 0.2) is 162 Å². The predicted molar refractivity (Wildman–Crippen MR) is 202 cm³/mol. The number of ether oxygens (including phenoxy) is 1. The summed E-state index contributed by atoms with van der Waals surface area (Å²) < 4.78 is 55.8. The van der Waals surface area contributed by atoms with E-state index < -0.39 is 7.25 Å². The predicted octanol–water partition coefficient (Wildman–Crippen LogP) is 14.3. The van der Waals surface area contributed by atoms with Gasteiger partial charge in [-0.3, -0.25) is 0 Å². The minimum absolute atomic E-state index is 0.729. The van der Waals surface area contributed by atoms with Gasteiger partial charge < -0.3 is 22.0 Å². The van der Waals surface area contributed by atoms with E-state index in [0.29, 0.717) is 0 Å². The second kappa shape index (κ2) is 16.3. The summed E-state index contributed by atoms with van der Waals surface area (Å²) in [6.07, 6.45) is 10.0. The second-order valence-electron chi connectivity index (χ2n) is 10.3. The summed E-state index contributed by atoms with van der Waals surface area (Å²) in [6, 6.07) is 37.0. The smallest absolute Gasteiger partial charge is 0.457 e. The molecule has 6 rings (SSSR count). The van der Waals surface area contributed by atoms with Crippen LogP contribution in [0.25, 0.3) is 39.9 Å². The lowest BCUT2D eigenvalue weighted by Crippen LogP contribution is -2.02. The lowest BCUT2D eigenvalue weighted by molar-refractivity contribution is 0.368. The maximum Gasteiger partial charge on any atom is 0.673 e. The SMILES string of the molecule is Brc1ccc(C2=C/C(=C\C=C\c3cc(-c4ccc(Br)cc4)cc(-c4ccc(Br)cc4)[o+]3)OC(c3ccc(Br)cc3)=C2)cc1.F[B-](F)(F)F. The number of halogens is 8. The van der Waals surface area contributed by atoms with E-state index in [9.17, 15) is 17.3 Å². The lowest BCUT2D eigenvalue weighted by Gasteiger charge is -2.18. The highest BCUT2D eigenvalue weighted by molar-refractivity contribution is 9.11. The maximum absolute atomic E-state index is 9.75. The third kappa shape index (κ3) is 10.8. The van der Waals surface area contributed by atoms with E-state index in [1.807, 2.05) is 91.0 Å². The number of hydrogen-bond acceptors (Lipinski definition) is 1. The molecule has 0 fully saturated rings. The van der Waals surface area contributed by atoms with Gasteiger partial charge in [-0.25, -0.2) is 4.42 Å². The molecule has 4 aromatic carbocycles. The molecule has 0 radical (unpaired) electrons. The first-order valence-electron chi connectivity index (χ1n) is 14.3. The summed E-state index contributed by atoms with van der Waals surface area (Å²) in [5.41, 5.74) is 6.33. The van der Waals surface area contributed by atoms with Gasteiger partial charge in [0.2, 0.25) is 0 Å². The van der Waals surface area contributed by atoms with Crippen molar-refractivity contribution in [3.8, 4) is 22.5 Å². The Morgan fingerprint density at radius 1 is 0.542 bits per heavy atom. The van der Waals surface area contributed by atoms with Crippen LogP contribution in [-0.2, 0) is 4.74 Å². The van der Waals surface area contributed by atoms with Crippen LogP contribution in [0.5, 0.6) is 0 Å². The molecular weight excluding hydrogens is 883 g/mol. The van der Waals surface area contributed by atoms with Crippen molar-refractivity contribution in [2.75, 3.05) is 0 Å². The Labute approximate surface area is 309 Å². The van der Waals surface area contributed by atoms with Gasteiger partial charge >= 0.3 is 18.8 Å². The van der Waals surface area contributed by atoms with Gasteiger partial charge in [0.05, 0.1) is 17.7 Å². The van der Waals surface area contributed by atoms with Crippen LogP contribution in [-0.4, -0.2) is 7.25 Å². The molecule has 0 aliphatic carbocycles. The summed E-state index contributed by atoms with van der Waals surface area (Å²) in [6.45, 7) is 0. The fourth-order valence-electron chi connectivity index (χ4n) is 4.58. The van der Waals surface area contributed by atoms with Gasteiger partial charge in [-0.15, -0.1) is 0 Å². The molecule has 242 valence electrons. The monoisotopic (exact) mass is 902 g/mol. The van der Waals surface area contributed by atoms with Crippen LogP contribution in [0.4, 0.5) is 17.3 Å². The Kier molecular flexibility index (Phi) is 12.1. The molecule has 2 nitrogen and oxygen atoms in total. The molecule has 0 N–H and O–H groups in total. The molecule has 2 heterocycles. The summed E-state index contributed by atoms with van der Waals surface area (Å²) in [5.74, 6) is 3.03. The Balaban J connectivity index is 0.000000840. The van der Waals surface area contributed by atoms with Crippen molar-refractivity contribution in [1.29, 1.82) is 0 Å². The summed E-state index contributed by atoms with van der Waals surface area (Å²) in [7, 11) is -6.00. The summed E-state index contributed by atoms with van der Waals surface area (Å²) in [5, 5.41) is 0. The van der Waals surface area contributed by atoms with E-state index in [-0.39, 0.29) is 0 Å². The molecular formula is C37H23BBr4F4O2. The molecule has 0 bridgehead atoms.